The Morgan fingerprint density at radius 2 is 2.21 bits per heavy atom. The van der Waals surface area contributed by atoms with E-state index in [1.807, 2.05) is 25.2 Å². The van der Waals surface area contributed by atoms with Crippen LogP contribution in [0.15, 0.2) is 18.2 Å². The van der Waals surface area contributed by atoms with Crippen LogP contribution < -0.4 is 10.2 Å². The summed E-state index contributed by atoms with van der Waals surface area (Å²) in [6, 6.07) is 6.03. The first-order chi connectivity index (χ1) is 6.77. The van der Waals surface area contributed by atoms with Gasteiger partial charge in [-0.2, -0.15) is 0 Å². The molecule has 78 valence electrons. The predicted octanol–water partition coefficient (Wildman–Crippen LogP) is 2.36. The molecule has 0 unspecified atom stereocenters. The lowest BCUT2D eigenvalue weighted by molar-refractivity contribution is 0.760. The number of nitrogens with zero attached hydrogens (tertiary/aromatic N) is 2. The van der Waals surface area contributed by atoms with Crippen LogP contribution >= 0.6 is 0 Å². The van der Waals surface area contributed by atoms with Gasteiger partial charge >= 0.3 is 0 Å². The van der Waals surface area contributed by atoms with E-state index in [4.69, 9.17) is 0 Å². The molecule has 1 aromatic rings. The topological polar surface area (TPSA) is 28.2 Å². The normalized spacial score (nSPS) is 9.93. The largest absolute Gasteiger partial charge is 0.373 e. The standard InChI is InChI=1S/C11H19N3/c1-4-5-9-14(3)11-8-6-7-10(12-2)13-11/h6-8H,4-5,9H2,1-3H3,(H,12,13). The van der Waals surface area contributed by atoms with Crippen molar-refractivity contribution in [2.24, 2.45) is 0 Å². The molecule has 1 N–H and O–H groups in total. The van der Waals surface area contributed by atoms with Crippen molar-refractivity contribution in [3.05, 3.63) is 18.2 Å². The molecule has 0 atom stereocenters. The Balaban J connectivity index is 2.64. The Morgan fingerprint density at radius 1 is 1.43 bits per heavy atom. The highest BCUT2D eigenvalue weighted by Crippen LogP contribution is 2.12. The SMILES string of the molecule is CCCCN(C)c1cccc(NC)n1. The Bertz CT molecular complexity index is 273. The molecule has 0 bridgehead atoms. The molecule has 0 spiro atoms. The van der Waals surface area contributed by atoms with E-state index in [0.717, 1.165) is 18.2 Å². The molecule has 1 rings (SSSR count). The number of hydrogen-bond acceptors (Lipinski definition) is 3. The molecule has 3 nitrogen and oxygen atoms in total. The van der Waals surface area contributed by atoms with Crippen LogP contribution in [0.1, 0.15) is 19.8 Å². The lowest BCUT2D eigenvalue weighted by Crippen LogP contribution is -2.19. The molecule has 0 aliphatic heterocycles. The van der Waals surface area contributed by atoms with Crippen molar-refractivity contribution in [1.29, 1.82) is 0 Å². The average molecular weight is 193 g/mol. The molecule has 1 heterocycles. The summed E-state index contributed by atoms with van der Waals surface area (Å²) in [7, 11) is 3.97. The van der Waals surface area contributed by atoms with Gasteiger partial charge < -0.3 is 10.2 Å². The van der Waals surface area contributed by atoms with Gasteiger partial charge in [0.25, 0.3) is 0 Å². The van der Waals surface area contributed by atoms with Crippen LogP contribution in [0.3, 0.4) is 0 Å². The van der Waals surface area contributed by atoms with Gasteiger partial charge in [0.1, 0.15) is 11.6 Å². The molecule has 0 saturated carbocycles. The van der Waals surface area contributed by atoms with Crippen molar-refractivity contribution in [3.63, 3.8) is 0 Å². The second-order valence-corrected chi connectivity index (χ2v) is 3.41. The first-order valence-corrected chi connectivity index (χ1v) is 5.14. The fourth-order valence-electron chi connectivity index (χ4n) is 1.28. The molecule has 0 radical (unpaired) electrons. The van der Waals surface area contributed by atoms with Crippen LogP contribution in [0.2, 0.25) is 0 Å². The molecule has 1 aromatic heterocycles. The third-order valence-corrected chi connectivity index (χ3v) is 2.23. The van der Waals surface area contributed by atoms with Crippen molar-refractivity contribution in [3.8, 4) is 0 Å². The minimum atomic E-state index is 0.922. The van der Waals surface area contributed by atoms with E-state index in [-0.39, 0.29) is 0 Å². The fraction of sp³-hybridized carbons (Fsp3) is 0.545. The van der Waals surface area contributed by atoms with Gasteiger partial charge in [-0.15, -0.1) is 0 Å². The van der Waals surface area contributed by atoms with Crippen molar-refractivity contribution in [1.82, 2.24) is 4.98 Å². The van der Waals surface area contributed by atoms with Crippen LogP contribution in [-0.2, 0) is 0 Å². The zero-order valence-electron chi connectivity index (χ0n) is 9.25. The summed E-state index contributed by atoms with van der Waals surface area (Å²) < 4.78 is 0. The summed E-state index contributed by atoms with van der Waals surface area (Å²) in [6.07, 6.45) is 2.43. The van der Waals surface area contributed by atoms with Crippen LogP contribution in [0.4, 0.5) is 11.6 Å². The van der Waals surface area contributed by atoms with E-state index in [1.165, 1.54) is 12.8 Å². The number of pyridine rings is 1. The Kier molecular flexibility index (Phi) is 4.23. The fourth-order valence-corrected chi connectivity index (χ4v) is 1.28. The van der Waals surface area contributed by atoms with Gasteiger partial charge in [-0.3, -0.25) is 0 Å². The highest BCUT2D eigenvalue weighted by molar-refractivity contribution is 5.46. The molecule has 0 fully saturated rings. The van der Waals surface area contributed by atoms with Gasteiger partial charge in [-0.05, 0) is 18.6 Å². The highest BCUT2D eigenvalue weighted by atomic mass is 15.2. The van der Waals surface area contributed by atoms with Crippen LogP contribution in [0.5, 0.6) is 0 Å². The van der Waals surface area contributed by atoms with Crippen LogP contribution in [0.25, 0.3) is 0 Å². The Hall–Kier alpha value is -1.25. The molecule has 0 saturated heterocycles. The summed E-state index contributed by atoms with van der Waals surface area (Å²) in [6.45, 7) is 3.27. The summed E-state index contributed by atoms with van der Waals surface area (Å²) in [4.78, 5) is 6.64. The van der Waals surface area contributed by atoms with E-state index in [1.54, 1.807) is 0 Å². The number of hydrogen-bond donors (Lipinski definition) is 1. The number of aromatic nitrogens is 1. The smallest absolute Gasteiger partial charge is 0.130 e. The number of rotatable bonds is 5. The summed E-state index contributed by atoms with van der Waals surface area (Å²) in [5, 5.41) is 3.04. The van der Waals surface area contributed by atoms with Gasteiger partial charge in [0.2, 0.25) is 0 Å². The predicted molar refractivity (Wildman–Crippen MR) is 62.0 cm³/mol. The lowest BCUT2D eigenvalue weighted by Gasteiger charge is -2.18. The molecule has 3 heteroatoms. The van der Waals surface area contributed by atoms with Crippen molar-refractivity contribution in [2.75, 3.05) is 30.9 Å². The second-order valence-electron chi connectivity index (χ2n) is 3.41. The number of anilines is 2. The molecular formula is C11H19N3. The first kappa shape index (κ1) is 10.8. The minimum absolute atomic E-state index is 0.922. The molecular weight excluding hydrogens is 174 g/mol. The quantitative estimate of drug-likeness (QED) is 0.778. The van der Waals surface area contributed by atoms with Crippen LogP contribution in [0, 0.1) is 0 Å². The van der Waals surface area contributed by atoms with Gasteiger partial charge in [0.05, 0.1) is 0 Å². The summed E-state index contributed by atoms with van der Waals surface area (Å²) in [5.41, 5.74) is 0. The van der Waals surface area contributed by atoms with Gasteiger partial charge in [-0.25, -0.2) is 4.98 Å². The van der Waals surface area contributed by atoms with Crippen molar-refractivity contribution >= 4 is 11.6 Å². The second kappa shape index (κ2) is 5.47. The van der Waals surface area contributed by atoms with E-state index >= 15 is 0 Å². The monoisotopic (exact) mass is 193 g/mol. The lowest BCUT2D eigenvalue weighted by atomic mass is 10.3. The molecule has 0 aromatic carbocycles. The van der Waals surface area contributed by atoms with Crippen LogP contribution in [-0.4, -0.2) is 25.6 Å². The first-order valence-electron chi connectivity index (χ1n) is 5.14. The number of unbranched alkanes of at least 4 members (excludes halogenated alkanes) is 1. The molecule has 0 aliphatic rings. The maximum atomic E-state index is 4.46. The summed E-state index contributed by atoms with van der Waals surface area (Å²) in [5.74, 6) is 1.95. The van der Waals surface area contributed by atoms with Gasteiger partial charge in [0.15, 0.2) is 0 Å². The third-order valence-electron chi connectivity index (χ3n) is 2.23. The number of nitrogens with one attached hydrogen (secondary N) is 1. The van der Waals surface area contributed by atoms with E-state index in [0.29, 0.717) is 0 Å². The Labute approximate surface area is 86.2 Å². The van der Waals surface area contributed by atoms with E-state index in [2.05, 4.69) is 29.2 Å². The minimum Gasteiger partial charge on any atom is -0.373 e. The zero-order chi connectivity index (χ0) is 10.4. The maximum Gasteiger partial charge on any atom is 0.130 e. The summed E-state index contributed by atoms with van der Waals surface area (Å²) >= 11 is 0. The maximum absolute atomic E-state index is 4.46. The molecule has 0 amide bonds. The Morgan fingerprint density at radius 3 is 2.86 bits per heavy atom. The van der Waals surface area contributed by atoms with Crippen molar-refractivity contribution < 1.29 is 0 Å². The van der Waals surface area contributed by atoms with Crippen molar-refractivity contribution in [2.45, 2.75) is 19.8 Å². The van der Waals surface area contributed by atoms with Gasteiger partial charge in [0, 0.05) is 20.6 Å². The van der Waals surface area contributed by atoms with Gasteiger partial charge in [-0.1, -0.05) is 19.4 Å². The molecule has 0 aliphatic carbocycles. The zero-order valence-corrected chi connectivity index (χ0v) is 9.25. The van der Waals surface area contributed by atoms with E-state index in [9.17, 15) is 0 Å². The average Bonchev–Trinajstić information content (AvgIpc) is 2.26. The molecule has 14 heavy (non-hydrogen) atoms. The van der Waals surface area contributed by atoms with E-state index < -0.39 is 0 Å². The highest BCUT2D eigenvalue weighted by Gasteiger charge is 2.01. The third kappa shape index (κ3) is 2.91.